The molecule has 0 fully saturated rings. The van der Waals surface area contributed by atoms with E-state index in [0.29, 0.717) is 6.04 Å². The highest BCUT2D eigenvalue weighted by molar-refractivity contribution is 4.79. The molecule has 2 heteroatoms. The van der Waals surface area contributed by atoms with Crippen molar-refractivity contribution in [3.63, 3.8) is 0 Å². The van der Waals surface area contributed by atoms with Crippen LogP contribution in [0.3, 0.4) is 0 Å². The molecule has 0 saturated heterocycles. The van der Waals surface area contributed by atoms with Crippen LogP contribution in [0.5, 0.6) is 0 Å². The zero-order valence-corrected chi connectivity index (χ0v) is 9.47. The predicted octanol–water partition coefficient (Wildman–Crippen LogP) is 2.27. The van der Waals surface area contributed by atoms with E-state index in [4.69, 9.17) is 11.5 Å². The van der Waals surface area contributed by atoms with Gasteiger partial charge in [-0.15, -0.1) is 0 Å². The molecule has 0 aromatic heterocycles. The minimum Gasteiger partial charge on any atom is -0.330 e. The highest BCUT2D eigenvalue weighted by Gasteiger charge is 2.23. The van der Waals surface area contributed by atoms with Crippen molar-refractivity contribution in [1.82, 2.24) is 0 Å². The summed E-state index contributed by atoms with van der Waals surface area (Å²) in [7, 11) is 0. The maximum absolute atomic E-state index is 6.02. The fourth-order valence-corrected chi connectivity index (χ4v) is 2.00. The summed E-state index contributed by atoms with van der Waals surface area (Å²) in [5.41, 5.74) is 12.1. The van der Waals surface area contributed by atoms with Crippen LogP contribution in [-0.4, -0.2) is 12.6 Å². The Bertz CT molecular complexity index is 125. The standard InChI is InChI=1S/C11H26N2/c1-4-6-10(13)8-11(3,9-12)7-5-2/h10H,4-9,12-13H2,1-3H3. The highest BCUT2D eigenvalue weighted by atomic mass is 14.7. The third kappa shape index (κ3) is 5.27. The van der Waals surface area contributed by atoms with E-state index in [1.807, 2.05) is 0 Å². The number of nitrogens with two attached hydrogens (primary N) is 2. The lowest BCUT2D eigenvalue weighted by molar-refractivity contribution is 0.252. The van der Waals surface area contributed by atoms with Gasteiger partial charge in [0.05, 0.1) is 0 Å². The first kappa shape index (κ1) is 12.9. The molecular weight excluding hydrogens is 160 g/mol. The highest BCUT2D eigenvalue weighted by Crippen LogP contribution is 2.28. The van der Waals surface area contributed by atoms with Crippen LogP contribution in [0.15, 0.2) is 0 Å². The Balaban J connectivity index is 3.93. The summed E-state index contributed by atoms with van der Waals surface area (Å²) in [6.07, 6.45) is 5.77. The molecule has 0 aromatic carbocycles. The van der Waals surface area contributed by atoms with Crippen molar-refractivity contribution in [3.05, 3.63) is 0 Å². The lowest BCUT2D eigenvalue weighted by Crippen LogP contribution is -2.35. The monoisotopic (exact) mass is 186 g/mol. The quantitative estimate of drug-likeness (QED) is 0.641. The van der Waals surface area contributed by atoms with Gasteiger partial charge in [-0.3, -0.25) is 0 Å². The summed E-state index contributed by atoms with van der Waals surface area (Å²) in [5, 5.41) is 0. The predicted molar refractivity (Wildman–Crippen MR) is 59.6 cm³/mol. The molecule has 0 amide bonds. The minimum absolute atomic E-state index is 0.267. The molecule has 0 aliphatic rings. The molecule has 0 bridgehead atoms. The van der Waals surface area contributed by atoms with E-state index in [2.05, 4.69) is 20.8 Å². The van der Waals surface area contributed by atoms with Crippen molar-refractivity contribution in [2.45, 2.75) is 58.9 Å². The van der Waals surface area contributed by atoms with Crippen molar-refractivity contribution in [2.24, 2.45) is 16.9 Å². The molecule has 0 rings (SSSR count). The minimum atomic E-state index is 0.267. The Labute approximate surface area is 83.1 Å². The van der Waals surface area contributed by atoms with Crippen molar-refractivity contribution in [3.8, 4) is 0 Å². The van der Waals surface area contributed by atoms with Gasteiger partial charge in [0.1, 0.15) is 0 Å². The van der Waals surface area contributed by atoms with Crippen LogP contribution in [0, 0.1) is 5.41 Å². The smallest absolute Gasteiger partial charge is 0.00443 e. The van der Waals surface area contributed by atoms with Gasteiger partial charge in [0.2, 0.25) is 0 Å². The molecule has 0 spiro atoms. The summed E-state index contributed by atoms with van der Waals surface area (Å²) in [6, 6.07) is 0.338. The molecule has 0 aromatic rings. The molecule has 4 N–H and O–H groups in total. The molecular formula is C11H26N2. The molecule has 0 heterocycles. The van der Waals surface area contributed by atoms with Crippen molar-refractivity contribution < 1.29 is 0 Å². The fraction of sp³-hybridized carbons (Fsp3) is 1.00. The number of hydrogen-bond donors (Lipinski definition) is 2. The second kappa shape index (κ2) is 6.39. The van der Waals surface area contributed by atoms with E-state index < -0.39 is 0 Å². The van der Waals surface area contributed by atoms with Crippen molar-refractivity contribution in [2.75, 3.05) is 6.54 Å². The van der Waals surface area contributed by atoms with E-state index in [1.54, 1.807) is 0 Å². The van der Waals surface area contributed by atoms with Gasteiger partial charge in [0, 0.05) is 6.04 Å². The first-order chi connectivity index (χ1) is 6.08. The van der Waals surface area contributed by atoms with Gasteiger partial charge in [-0.1, -0.05) is 33.6 Å². The van der Waals surface area contributed by atoms with Gasteiger partial charge in [0.15, 0.2) is 0 Å². The van der Waals surface area contributed by atoms with Crippen LogP contribution in [0.4, 0.5) is 0 Å². The molecule has 0 aliphatic carbocycles. The zero-order chi connectivity index (χ0) is 10.3. The van der Waals surface area contributed by atoms with E-state index in [1.165, 1.54) is 19.3 Å². The van der Waals surface area contributed by atoms with E-state index in [-0.39, 0.29) is 5.41 Å². The van der Waals surface area contributed by atoms with Gasteiger partial charge < -0.3 is 11.5 Å². The summed E-state index contributed by atoms with van der Waals surface area (Å²) in [6.45, 7) is 7.41. The average Bonchev–Trinajstić information content (AvgIpc) is 2.05. The van der Waals surface area contributed by atoms with Gasteiger partial charge >= 0.3 is 0 Å². The largest absolute Gasteiger partial charge is 0.330 e. The van der Waals surface area contributed by atoms with E-state index in [9.17, 15) is 0 Å². The fourth-order valence-electron chi connectivity index (χ4n) is 2.00. The Morgan fingerprint density at radius 3 is 2.23 bits per heavy atom. The van der Waals surface area contributed by atoms with Crippen LogP contribution in [0.1, 0.15) is 52.9 Å². The van der Waals surface area contributed by atoms with Crippen LogP contribution < -0.4 is 11.5 Å². The normalized spacial score (nSPS) is 18.2. The Morgan fingerprint density at radius 2 is 1.85 bits per heavy atom. The number of rotatable bonds is 7. The summed E-state index contributed by atoms with van der Waals surface area (Å²) in [4.78, 5) is 0. The van der Waals surface area contributed by atoms with E-state index in [0.717, 1.165) is 19.4 Å². The zero-order valence-electron chi connectivity index (χ0n) is 9.47. The molecule has 13 heavy (non-hydrogen) atoms. The number of hydrogen-bond acceptors (Lipinski definition) is 2. The summed E-state index contributed by atoms with van der Waals surface area (Å²) >= 11 is 0. The lowest BCUT2D eigenvalue weighted by Gasteiger charge is -2.30. The molecule has 2 atom stereocenters. The molecule has 0 saturated carbocycles. The molecule has 2 nitrogen and oxygen atoms in total. The van der Waals surface area contributed by atoms with Crippen molar-refractivity contribution >= 4 is 0 Å². The Hall–Kier alpha value is -0.0800. The molecule has 2 unspecified atom stereocenters. The lowest BCUT2D eigenvalue weighted by atomic mass is 9.79. The van der Waals surface area contributed by atoms with Gasteiger partial charge in [-0.25, -0.2) is 0 Å². The third-order valence-corrected chi connectivity index (χ3v) is 2.76. The second-order valence-corrected chi connectivity index (χ2v) is 4.52. The third-order valence-electron chi connectivity index (χ3n) is 2.76. The van der Waals surface area contributed by atoms with Gasteiger partial charge in [-0.05, 0) is 31.2 Å². The second-order valence-electron chi connectivity index (χ2n) is 4.52. The maximum Gasteiger partial charge on any atom is 0.00443 e. The Kier molecular flexibility index (Phi) is 6.35. The van der Waals surface area contributed by atoms with Crippen LogP contribution >= 0.6 is 0 Å². The van der Waals surface area contributed by atoms with Gasteiger partial charge in [0.25, 0.3) is 0 Å². The van der Waals surface area contributed by atoms with Crippen LogP contribution in [-0.2, 0) is 0 Å². The topological polar surface area (TPSA) is 52.0 Å². The first-order valence-corrected chi connectivity index (χ1v) is 5.53. The van der Waals surface area contributed by atoms with Gasteiger partial charge in [-0.2, -0.15) is 0 Å². The van der Waals surface area contributed by atoms with E-state index >= 15 is 0 Å². The SMILES string of the molecule is CCCC(N)CC(C)(CN)CCC. The van der Waals surface area contributed by atoms with Crippen molar-refractivity contribution in [1.29, 1.82) is 0 Å². The van der Waals surface area contributed by atoms with Crippen LogP contribution in [0.2, 0.25) is 0 Å². The summed E-state index contributed by atoms with van der Waals surface area (Å²) < 4.78 is 0. The van der Waals surface area contributed by atoms with Crippen LogP contribution in [0.25, 0.3) is 0 Å². The molecule has 0 aliphatic heterocycles. The molecule has 0 radical (unpaired) electrons. The molecule has 80 valence electrons. The summed E-state index contributed by atoms with van der Waals surface area (Å²) in [5.74, 6) is 0. The first-order valence-electron chi connectivity index (χ1n) is 5.53. The Morgan fingerprint density at radius 1 is 1.23 bits per heavy atom. The maximum atomic E-state index is 6.02. The average molecular weight is 186 g/mol.